The van der Waals surface area contributed by atoms with E-state index < -0.39 is 0 Å². The summed E-state index contributed by atoms with van der Waals surface area (Å²) in [6.07, 6.45) is 13.9. The van der Waals surface area contributed by atoms with Crippen LogP contribution in [0.2, 0.25) is 5.02 Å². The van der Waals surface area contributed by atoms with Gasteiger partial charge in [0.15, 0.2) is 0 Å². The molecule has 2 aliphatic rings. The Kier molecular flexibility index (Phi) is 8.75. The van der Waals surface area contributed by atoms with E-state index in [4.69, 9.17) is 21.2 Å². The SMILES string of the molecule is CO/N=C/c1c(C)c(Cl)c(OC)c(C/C=C(C)/C=C/[C@@]2(C)[C@H](C)CCC(NC3CC3)[C@@H]2C)c1O. The summed E-state index contributed by atoms with van der Waals surface area (Å²) in [5.74, 6) is 1.81. The lowest BCUT2D eigenvalue weighted by atomic mass is 9.60. The number of rotatable bonds is 9. The van der Waals surface area contributed by atoms with E-state index in [9.17, 15) is 5.11 Å². The van der Waals surface area contributed by atoms with E-state index in [-0.39, 0.29) is 11.2 Å². The van der Waals surface area contributed by atoms with Crippen molar-refractivity contribution in [1.82, 2.24) is 5.32 Å². The Morgan fingerprint density at radius 3 is 2.56 bits per heavy atom. The Hall–Kier alpha value is -1.98. The molecule has 0 saturated heterocycles. The average Bonchev–Trinajstić information content (AvgIpc) is 3.64. The molecule has 0 bridgehead atoms. The first-order valence-corrected chi connectivity index (χ1v) is 12.8. The molecule has 3 rings (SSSR count). The fourth-order valence-corrected chi connectivity index (χ4v) is 5.44. The van der Waals surface area contributed by atoms with Gasteiger partial charge in [-0.05, 0) is 68.8 Å². The molecule has 2 aliphatic carbocycles. The smallest absolute Gasteiger partial charge is 0.144 e. The van der Waals surface area contributed by atoms with E-state index in [2.05, 4.69) is 56.4 Å². The number of halogens is 1. The average molecular weight is 489 g/mol. The van der Waals surface area contributed by atoms with Crippen LogP contribution >= 0.6 is 11.6 Å². The lowest BCUT2D eigenvalue weighted by Crippen LogP contribution is -2.49. The highest BCUT2D eigenvalue weighted by Gasteiger charge is 2.43. The molecule has 5 nitrogen and oxygen atoms in total. The number of aromatic hydroxyl groups is 1. The monoisotopic (exact) mass is 488 g/mol. The van der Waals surface area contributed by atoms with Crippen LogP contribution in [0.25, 0.3) is 0 Å². The predicted octanol–water partition coefficient (Wildman–Crippen LogP) is 6.58. The molecule has 0 heterocycles. The summed E-state index contributed by atoms with van der Waals surface area (Å²) < 4.78 is 5.56. The molecular weight excluding hydrogens is 448 g/mol. The van der Waals surface area contributed by atoms with Crippen LogP contribution in [0.3, 0.4) is 0 Å². The molecule has 0 radical (unpaired) electrons. The van der Waals surface area contributed by atoms with Crippen molar-refractivity contribution in [3.05, 3.63) is 45.5 Å². The van der Waals surface area contributed by atoms with Crippen molar-refractivity contribution in [2.45, 2.75) is 78.8 Å². The van der Waals surface area contributed by atoms with Gasteiger partial charge in [0.25, 0.3) is 0 Å². The van der Waals surface area contributed by atoms with Gasteiger partial charge in [-0.25, -0.2) is 0 Å². The number of allylic oxidation sites excluding steroid dienone is 4. The number of nitrogens with zero attached hydrogens (tertiary/aromatic N) is 1. The van der Waals surface area contributed by atoms with Crippen LogP contribution in [0.1, 0.15) is 70.1 Å². The maximum atomic E-state index is 11.0. The first-order chi connectivity index (χ1) is 16.1. The van der Waals surface area contributed by atoms with E-state index in [1.54, 1.807) is 7.11 Å². The standard InChI is InChI=1S/C28H41ClN2O3/c1-17(14-15-28(5)18(2)9-13-24(20(28)4)31-21-10-11-21)8-12-22-26(32)23(16-30-34-7)19(3)25(29)27(22)33-6/h8,14-16,18,20-21,24,31-32H,9-13H2,1-7H3/b15-14+,17-8+,30-16+/t18-,20+,24?,28+/m1/s1. The molecule has 1 unspecified atom stereocenters. The quantitative estimate of drug-likeness (QED) is 0.234. The van der Waals surface area contributed by atoms with Gasteiger partial charge < -0.3 is 20.0 Å². The molecule has 0 amide bonds. The first kappa shape index (κ1) is 26.6. The molecule has 2 fully saturated rings. The van der Waals surface area contributed by atoms with Crippen LogP contribution in [-0.4, -0.2) is 37.6 Å². The molecular formula is C28H41ClN2O3. The summed E-state index contributed by atoms with van der Waals surface area (Å²) in [6, 6.07) is 1.32. The zero-order valence-electron chi connectivity index (χ0n) is 21.7. The summed E-state index contributed by atoms with van der Waals surface area (Å²) in [4.78, 5) is 4.80. The second-order valence-corrected chi connectivity index (χ2v) is 10.7. The van der Waals surface area contributed by atoms with E-state index in [1.807, 2.05) is 6.92 Å². The van der Waals surface area contributed by atoms with Crippen molar-refractivity contribution >= 4 is 17.8 Å². The normalized spacial score (nSPS) is 28.1. The molecule has 34 heavy (non-hydrogen) atoms. The highest BCUT2D eigenvalue weighted by molar-refractivity contribution is 6.33. The third-order valence-electron chi connectivity index (χ3n) is 8.16. The summed E-state index contributed by atoms with van der Waals surface area (Å²) >= 11 is 6.56. The van der Waals surface area contributed by atoms with Crippen molar-refractivity contribution in [1.29, 1.82) is 0 Å². The Morgan fingerprint density at radius 2 is 1.94 bits per heavy atom. The number of benzene rings is 1. The molecule has 2 saturated carbocycles. The number of methoxy groups -OCH3 is 1. The maximum Gasteiger partial charge on any atom is 0.144 e. The van der Waals surface area contributed by atoms with Gasteiger partial charge in [0, 0.05) is 23.2 Å². The van der Waals surface area contributed by atoms with Crippen molar-refractivity contribution in [2.75, 3.05) is 14.2 Å². The Morgan fingerprint density at radius 1 is 1.24 bits per heavy atom. The van der Waals surface area contributed by atoms with Crippen LogP contribution in [0.15, 0.2) is 29.0 Å². The van der Waals surface area contributed by atoms with Crippen molar-refractivity contribution in [3.63, 3.8) is 0 Å². The number of hydrogen-bond donors (Lipinski definition) is 2. The van der Waals surface area contributed by atoms with Crippen molar-refractivity contribution < 1.29 is 14.7 Å². The number of hydrogen-bond acceptors (Lipinski definition) is 5. The van der Waals surface area contributed by atoms with Gasteiger partial charge in [-0.15, -0.1) is 0 Å². The summed E-state index contributed by atoms with van der Waals surface area (Å²) in [7, 11) is 3.04. The Bertz CT molecular complexity index is 967. The minimum atomic E-state index is 0.114. The van der Waals surface area contributed by atoms with Gasteiger partial charge in [0.05, 0.1) is 18.3 Å². The lowest BCUT2D eigenvalue weighted by Gasteiger charge is -2.48. The van der Waals surface area contributed by atoms with E-state index >= 15 is 0 Å². The topological polar surface area (TPSA) is 63.1 Å². The first-order valence-electron chi connectivity index (χ1n) is 12.4. The van der Waals surface area contributed by atoms with Crippen molar-refractivity contribution in [3.8, 4) is 11.5 Å². The van der Waals surface area contributed by atoms with Crippen LogP contribution < -0.4 is 10.1 Å². The van der Waals surface area contributed by atoms with E-state index in [0.717, 1.165) is 11.6 Å². The van der Waals surface area contributed by atoms with Gasteiger partial charge in [-0.2, -0.15) is 0 Å². The Balaban J connectivity index is 1.83. The minimum absolute atomic E-state index is 0.114. The second kappa shape index (κ2) is 11.2. The zero-order valence-corrected chi connectivity index (χ0v) is 22.5. The molecule has 1 aromatic rings. The number of phenolic OH excluding ortho intramolecular Hbond substituents is 1. The maximum absolute atomic E-state index is 11.0. The van der Waals surface area contributed by atoms with Gasteiger partial charge >= 0.3 is 0 Å². The zero-order chi connectivity index (χ0) is 25.0. The highest BCUT2D eigenvalue weighted by atomic mass is 35.5. The van der Waals surface area contributed by atoms with Crippen LogP contribution in [-0.2, 0) is 11.3 Å². The third-order valence-corrected chi connectivity index (χ3v) is 8.61. The van der Waals surface area contributed by atoms with Gasteiger partial charge in [0.2, 0.25) is 0 Å². The molecule has 1 aromatic carbocycles. The number of nitrogens with one attached hydrogen (secondary N) is 1. The molecule has 188 valence electrons. The van der Waals surface area contributed by atoms with Crippen molar-refractivity contribution in [2.24, 2.45) is 22.4 Å². The molecule has 2 N–H and O–H groups in total. The van der Waals surface area contributed by atoms with E-state index in [0.29, 0.717) is 51.8 Å². The molecule has 6 heteroatoms. The highest BCUT2D eigenvalue weighted by Crippen LogP contribution is 2.47. The predicted molar refractivity (Wildman–Crippen MR) is 141 cm³/mol. The fourth-order valence-electron chi connectivity index (χ4n) is 5.15. The number of phenols is 1. The Labute approximate surface area is 210 Å². The number of oxime groups is 1. The molecule has 0 spiro atoms. The fraction of sp³-hybridized carbons (Fsp3) is 0.607. The minimum Gasteiger partial charge on any atom is -0.507 e. The van der Waals surface area contributed by atoms with Crippen LogP contribution in [0, 0.1) is 24.2 Å². The summed E-state index contributed by atoms with van der Waals surface area (Å²) in [5.41, 5.74) is 3.15. The lowest BCUT2D eigenvalue weighted by molar-refractivity contribution is 0.0785. The molecule has 0 aromatic heterocycles. The molecule has 0 aliphatic heterocycles. The summed E-state index contributed by atoms with van der Waals surface area (Å²) in [6.45, 7) is 11.1. The van der Waals surface area contributed by atoms with Gasteiger partial charge in [0.1, 0.15) is 18.6 Å². The second-order valence-electron chi connectivity index (χ2n) is 10.3. The number of ether oxygens (including phenoxy) is 1. The largest absolute Gasteiger partial charge is 0.507 e. The van der Waals surface area contributed by atoms with Crippen LogP contribution in [0.4, 0.5) is 0 Å². The molecule has 4 atom stereocenters. The van der Waals surface area contributed by atoms with Gasteiger partial charge in [-0.1, -0.05) is 61.3 Å². The van der Waals surface area contributed by atoms with E-state index in [1.165, 1.54) is 39.0 Å². The van der Waals surface area contributed by atoms with Crippen LogP contribution in [0.5, 0.6) is 11.5 Å². The summed E-state index contributed by atoms with van der Waals surface area (Å²) in [5, 5.41) is 19.1. The van der Waals surface area contributed by atoms with Gasteiger partial charge in [-0.3, -0.25) is 0 Å². The third kappa shape index (κ3) is 5.63.